The Hall–Kier alpha value is -1.83. The third kappa shape index (κ3) is 2.48. The first-order valence-corrected chi connectivity index (χ1v) is 5.67. The van der Waals surface area contributed by atoms with Gasteiger partial charge in [0.05, 0.1) is 10.0 Å². The number of aromatic nitrogens is 1. The van der Waals surface area contributed by atoms with E-state index in [2.05, 4.69) is 20.9 Å². The number of oxazole rings is 1. The highest BCUT2D eigenvalue weighted by atomic mass is 79.9. The summed E-state index contributed by atoms with van der Waals surface area (Å²) in [5.41, 5.74) is -0.937. The minimum absolute atomic E-state index is 0.0472. The first-order chi connectivity index (χ1) is 8.91. The average molecular weight is 336 g/mol. The van der Waals surface area contributed by atoms with E-state index in [1.807, 2.05) is 0 Å². The van der Waals surface area contributed by atoms with Gasteiger partial charge in [0.1, 0.15) is 5.82 Å². The molecular formula is C11H5BrF3NO3. The van der Waals surface area contributed by atoms with Gasteiger partial charge < -0.3 is 9.52 Å². The van der Waals surface area contributed by atoms with Crippen LogP contribution >= 0.6 is 15.9 Å². The van der Waals surface area contributed by atoms with Gasteiger partial charge in [-0.2, -0.15) is 0 Å². The Labute approximate surface area is 113 Å². The fourth-order valence-corrected chi connectivity index (χ4v) is 1.85. The third-order valence-corrected chi connectivity index (χ3v) is 3.04. The van der Waals surface area contributed by atoms with Crippen LogP contribution in [-0.4, -0.2) is 16.1 Å². The van der Waals surface area contributed by atoms with Gasteiger partial charge in [-0.3, -0.25) is 0 Å². The molecule has 0 amide bonds. The summed E-state index contributed by atoms with van der Waals surface area (Å²) in [7, 11) is 0. The van der Waals surface area contributed by atoms with E-state index in [1.165, 1.54) is 12.1 Å². The van der Waals surface area contributed by atoms with Crippen molar-refractivity contribution >= 4 is 21.9 Å². The lowest BCUT2D eigenvalue weighted by atomic mass is 10.2. The van der Waals surface area contributed by atoms with Crippen molar-refractivity contribution in [3.63, 3.8) is 0 Å². The van der Waals surface area contributed by atoms with Crippen LogP contribution in [0.3, 0.4) is 0 Å². The average Bonchev–Trinajstić information content (AvgIpc) is 2.77. The van der Waals surface area contributed by atoms with Crippen LogP contribution in [0, 0.1) is 5.82 Å². The molecule has 0 aliphatic carbocycles. The number of carboxylic acid groups (broad SMARTS) is 1. The number of hydrogen-bond donors (Lipinski definition) is 1. The van der Waals surface area contributed by atoms with Crippen molar-refractivity contribution in [2.24, 2.45) is 0 Å². The molecular weight excluding hydrogens is 331 g/mol. The normalized spacial score (nSPS) is 11.0. The molecule has 1 aromatic carbocycles. The van der Waals surface area contributed by atoms with Crippen LogP contribution in [-0.2, 0) is 0 Å². The first-order valence-electron chi connectivity index (χ1n) is 4.88. The Morgan fingerprint density at radius 2 is 2.11 bits per heavy atom. The molecule has 2 rings (SSSR count). The number of halogens is 4. The van der Waals surface area contributed by atoms with E-state index in [4.69, 9.17) is 9.52 Å². The second-order valence-corrected chi connectivity index (χ2v) is 4.23. The second kappa shape index (κ2) is 5.04. The topological polar surface area (TPSA) is 63.3 Å². The Morgan fingerprint density at radius 3 is 2.63 bits per heavy atom. The molecule has 1 heterocycles. The van der Waals surface area contributed by atoms with E-state index in [1.54, 1.807) is 0 Å². The Kier molecular flexibility index (Phi) is 3.61. The Bertz CT molecular complexity index is 642. The van der Waals surface area contributed by atoms with Crippen LogP contribution in [0.1, 0.15) is 22.7 Å². The lowest BCUT2D eigenvalue weighted by molar-refractivity contribution is 0.0647. The van der Waals surface area contributed by atoms with E-state index in [0.717, 1.165) is 6.07 Å². The lowest BCUT2D eigenvalue weighted by Gasteiger charge is -1.99. The molecule has 0 aliphatic rings. The van der Waals surface area contributed by atoms with E-state index >= 15 is 0 Å². The van der Waals surface area contributed by atoms with Crippen LogP contribution in [0.15, 0.2) is 27.1 Å². The summed E-state index contributed by atoms with van der Waals surface area (Å²) in [6.07, 6.45) is -3.10. The minimum Gasteiger partial charge on any atom is -0.475 e. The molecule has 1 aromatic heterocycles. The summed E-state index contributed by atoms with van der Waals surface area (Å²) in [6, 6.07) is 3.82. The SMILES string of the molecule is O=C(O)c1oc(-c2cccc(F)c2Br)nc1C(F)F. The maximum atomic E-state index is 13.3. The van der Waals surface area contributed by atoms with Crippen molar-refractivity contribution in [3.05, 3.63) is 39.9 Å². The van der Waals surface area contributed by atoms with Crippen LogP contribution < -0.4 is 0 Å². The summed E-state index contributed by atoms with van der Waals surface area (Å²) < 4.78 is 43.3. The molecule has 0 radical (unpaired) electrons. The number of carboxylic acids is 1. The molecule has 0 aliphatic heterocycles. The second-order valence-electron chi connectivity index (χ2n) is 3.44. The Balaban J connectivity index is 2.61. The molecule has 0 saturated heterocycles. The molecule has 1 N–H and O–H groups in total. The van der Waals surface area contributed by atoms with Crippen LogP contribution in [0.2, 0.25) is 0 Å². The Morgan fingerprint density at radius 1 is 1.42 bits per heavy atom. The number of nitrogens with zero attached hydrogens (tertiary/aromatic N) is 1. The van der Waals surface area contributed by atoms with Gasteiger partial charge in [0.2, 0.25) is 11.7 Å². The van der Waals surface area contributed by atoms with Crippen molar-refractivity contribution in [1.82, 2.24) is 4.98 Å². The van der Waals surface area contributed by atoms with Gasteiger partial charge in [-0.15, -0.1) is 0 Å². The van der Waals surface area contributed by atoms with Crippen LogP contribution in [0.25, 0.3) is 11.5 Å². The van der Waals surface area contributed by atoms with E-state index < -0.39 is 29.7 Å². The number of carbonyl (C=O) groups is 1. The standard InChI is InChI=1S/C11H5BrF3NO3/c12-6-4(2-1-3-5(6)13)10-16-7(9(14)15)8(19-10)11(17)18/h1-3,9H,(H,17,18). The van der Waals surface area contributed by atoms with E-state index in [-0.39, 0.29) is 15.9 Å². The fraction of sp³-hybridized carbons (Fsp3) is 0.0909. The highest BCUT2D eigenvalue weighted by Gasteiger charge is 2.27. The largest absolute Gasteiger partial charge is 0.475 e. The highest BCUT2D eigenvalue weighted by molar-refractivity contribution is 9.10. The number of benzene rings is 1. The van der Waals surface area contributed by atoms with E-state index in [0.29, 0.717) is 0 Å². The van der Waals surface area contributed by atoms with E-state index in [9.17, 15) is 18.0 Å². The molecule has 8 heteroatoms. The van der Waals surface area contributed by atoms with Crippen molar-refractivity contribution in [1.29, 1.82) is 0 Å². The maximum Gasteiger partial charge on any atom is 0.374 e. The predicted octanol–water partition coefficient (Wildman–Crippen LogP) is 3.88. The maximum absolute atomic E-state index is 13.3. The summed E-state index contributed by atoms with van der Waals surface area (Å²) in [4.78, 5) is 14.2. The fourth-order valence-electron chi connectivity index (χ4n) is 1.42. The molecule has 19 heavy (non-hydrogen) atoms. The van der Waals surface area contributed by atoms with Gasteiger partial charge in [-0.1, -0.05) is 6.07 Å². The van der Waals surface area contributed by atoms with Gasteiger partial charge in [-0.05, 0) is 28.1 Å². The molecule has 0 saturated carbocycles. The monoisotopic (exact) mass is 335 g/mol. The summed E-state index contributed by atoms with van der Waals surface area (Å²) >= 11 is 2.91. The molecule has 0 unspecified atom stereocenters. The van der Waals surface area contributed by atoms with Crippen molar-refractivity contribution in [3.8, 4) is 11.5 Å². The molecule has 0 bridgehead atoms. The lowest BCUT2D eigenvalue weighted by Crippen LogP contribution is -1.99. The van der Waals surface area contributed by atoms with Crippen LogP contribution in [0.5, 0.6) is 0 Å². The minimum atomic E-state index is -3.10. The van der Waals surface area contributed by atoms with Gasteiger partial charge in [0.15, 0.2) is 5.69 Å². The molecule has 0 fully saturated rings. The number of alkyl halides is 2. The predicted molar refractivity (Wildman–Crippen MR) is 61.5 cm³/mol. The van der Waals surface area contributed by atoms with Crippen molar-refractivity contribution < 1.29 is 27.5 Å². The summed E-state index contributed by atoms with van der Waals surface area (Å²) in [5.74, 6) is -3.66. The smallest absolute Gasteiger partial charge is 0.374 e. The van der Waals surface area contributed by atoms with Gasteiger partial charge >= 0.3 is 5.97 Å². The zero-order valence-corrected chi connectivity index (χ0v) is 10.6. The van der Waals surface area contributed by atoms with Gasteiger partial charge in [0.25, 0.3) is 6.43 Å². The van der Waals surface area contributed by atoms with Crippen molar-refractivity contribution in [2.45, 2.75) is 6.43 Å². The zero-order chi connectivity index (χ0) is 14.2. The zero-order valence-electron chi connectivity index (χ0n) is 9.03. The molecule has 4 nitrogen and oxygen atoms in total. The third-order valence-electron chi connectivity index (χ3n) is 2.24. The first kappa shape index (κ1) is 13.6. The molecule has 100 valence electrons. The van der Waals surface area contributed by atoms with Gasteiger partial charge in [0, 0.05) is 0 Å². The number of rotatable bonds is 3. The number of aromatic carboxylic acids is 1. The quantitative estimate of drug-likeness (QED) is 0.924. The number of hydrogen-bond acceptors (Lipinski definition) is 3. The van der Waals surface area contributed by atoms with Crippen LogP contribution in [0.4, 0.5) is 13.2 Å². The summed E-state index contributed by atoms with van der Waals surface area (Å²) in [5, 5.41) is 8.75. The van der Waals surface area contributed by atoms with Crippen molar-refractivity contribution in [2.75, 3.05) is 0 Å². The molecule has 2 aromatic rings. The van der Waals surface area contributed by atoms with Gasteiger partial charge in [-0.25, -0.2) is 22.9 Å². The highest BCUT2D eigenvalue weighted by Crippen LogP contribution is 2.33. The summed E-state index contributed by atoms with van der Waals surface area (Å²) in [6.45, 7) is 0. The molecule has 0 atom stereocenters. The molecule has 0 spiro atoms.